The zero-order chi connectivity index (χ0) is 13.0. The Balaban J connectivity index is 2.20. The molecule has 1 aromatic carbocycles. The van der Waals surface area contributed by atoms with E-state index in [1.165, 1.54) is 0 Å². The molecule has 0 radical (unpaired) electrons. The maximum absolute atomic E-state index is 10.4. The summed E-state index contributed by atoms with van der Waals surface area (Å²) >= 11 is 0. The minimum atomic E-state index is -0.735. The van der Waals surface area contributed by atoms with Crippen LogP contribution < -0.4 is 5.73 Å². The van der Waals surface area contributed by atoms with Crippen LogP contribution in [0.4, 0.5) is 0 Å². The van der Waals surface area contributed by atoms with E-state index in [2.05, 4.69) is 11.9 Å². The topological polar surface area (TPSA) is 64.1 Å². The number of rotatable bonds is 5. The third kappa shape index (κ3) is 2.60. The Morgan fingerprint density at radius 2 is 2.06 bits per heavy atom. The number of aryl methyl sites for hydroxylation is 1. The van der Waals surface area contributed by atoms with Gasteiger partial charge in [0.15, 0.2) is 0 Å². The Bertz CT molecular complexity index is 481. The van der Waals surface area contributed by atoms with Gasteiger partial charge in [0.2, 0.25) is 0 Å². The molecule has 0 saturated heterocycles. The van der Waals surface area contributed by atoms with Gasteiger partial charge in [-0.1, -0.05) is 37.3 Å². The number of hydrogen-bond donors (Lipinski definition) is 2. The number of hydrogen-bond acceptors (Lipinski definition) is 3. The summed E-state index contributed by atoms with van der Waals surface area (Å²) in [6, 6.07) is 9.20. The maximum Gasteiger partial charge on any atom is 0.115 e. The Labute approximate surface area is 107 Å². The van der Waals surface area contributed by atoms with Crippen LogP contribution in [0.3, 0.4) is 0 Å². The van der Waals surface area contributed by atoms with Gasteiger partial charge in [-0.2, -0.15) is 0 Å². The molecular formula is C14H19N3O. The first-order valence-corrected chi connectivity index (χ1v) is 6.22. The number of aliphatic hydroxyl groups excluding tert-OH is 1. The largest absolute Gasteiger partial charge is 0.385 e. The molecule has 1 aromatic heterocycles. The summed E-state index contributed by atoms with van der Waals surface area (Å²) in [5, 5.41) is 10.4. The third-order valence-electron chi connectivity index (χ3n) is 3.04. The second kappa shape index (κ2) is 5.80. The zero-order valence-electron chi connectivity index (χ0n) is 10.5. The van der Waals surface area contributed by atoms with E-state index in [1.807, 2.05) is 34.9 Å². The molecule has 0 amide bonds. The number of benzene rings is 1. The summed E-state index contributed by atoms with van der Waals surface area (Å²) in [7, 11) is 0. The number of aliphatic hydroxyl groups is 1. The van der Waals surface area contributed by atoms with Crippen molar-refractivity contribution in [2.75, 3.05) is 0 Å². The Morgan fingerprint density at radius 1 is 1.33 bits per heavy atom. The minimum absolute atomic E-state index is 0.432. The van der Waals surface area contributed by atoms with E-state index in [9.17, 15) is 5.11 Å². The fourth-order valence-electron chi connectivity index (χ4n) is 2.05. The van der Waals surface area contributed by atoms with Gasteiger partial charge in [-0.05, 0) is 12.0 Å². The summed E-state index contributed by atoms with van der Waals surface area (Å²) in [5.41, 5.74) is 7.80. The van der Waals surface area contributed by atoms with Crippen LogP contribution in [0.1, 0.15) is 36.7 Å². The van der Waals surface area contributed by atoms with Crippen molar-refractivity contribution < 1.29 is 5.11 Å². The standard InChI is InChI=1S/C14H19N3O/c1-2-8-17-10-16-9-12(17)14(18)13(15)11-6-4-3-5-7-11/h3-7,9-10,13-14,18H,2,8,15H2,1H3. The Kier molecular flexibility index (Phi) is 4.12. The molecule has 18 heavy (non-hydrogen) atoms. The fourth-order valence-corrected chi connectivity index (χ4v) is 2.05. The lowest BCUT2D eigenvalue weighted by Crippen LogP contribution is -2.21. The van der Waals surface area contributed by atoms with Gasteiger partial charge in [0.25, 0.3) is 0 Å². The quantitative estimate of drug-likeness (QED) is 0.847. The summed E-state index contributed by atoms with van der Waals surface area (Å²) in [6.45, 7) is 2.93. The van der Waals surface area contributed by atoms with Crippen molar-refractivity contribution in [1.82, 2.24) is 9.55 Å². The minimum Gasteiger partial charge on any atom is -0.385 e. The second-order valence-corrected chi connectivity index (χ2v) is 4.39. The Morgan fingerprint density at radius 3 is 2.72 bits per heavy atom. The van der Waals surface area contributed by atoms with E-state index >= 15 is 0 Å². The lowest BCUT2D eigenvalue weighted by Gasteiger charge is -2.20. The third-order valence-corrected chi connectivity index (χ3v) is 3.04. The van der Waals surface area contributed by atoms with E-state index < -0.39 is 12.1 Å². The highest BCUT2D eigenvalue weighted by Gasteiger charge is 2.21. The van der Waals surface area contributed by atoms with Gasteiger partial charge >= 0.3 is 0 Å². The van der Waals surface area contributed by atoms with Crippen LogP contribution >= 0.6 is 0 Å². The average Bonchev–Trinajstić information content (AvgIpc) is 2.87. The van der Waals surface area contributed by atoms with Crippen LogP contribution in [0.2, 0.25) is 0 Å². The number of nitrogens with two attached hydrogens (primary N) is 1. The van der Waals surface area contributed by atoms with Gasteiger partial charge in [-0.15, -0.1) is 0 Å². The van der Waals surface area contributed by atoms with Crippen LogP contribution in [-0.4, -0.2) is 14.7 Å². The summed E-state index contributed by atoms with van der Waals surface area (Å²) in [4.78, 5) is 4.09. The molecular weight excluding hydrogens is 226 g/mol. The molecule has 4 nitrogen and oxygen atoms in total. The smallest absolute Gasteiger partial charge is 0.115 e. The van der Waals surface area contributed by atoms with Gasteiger partial charge in [0, 0.05) is 6.54 Å². The first-order chi connectivity index (χ1) is 8.74. The van der Waals surface area contributed by atoms with Crippen LogP contribution in [0.15, 0.2) is 42.9 Å². The predicted molar refractivity (Wildman–Crippen MR) is 70.8 cm³/mol. The monoisotopic (exact) mass is 245 g/mol. The molecule has 4 heteroatoms. The van der Waals surface area contributed by atoms with E-state index in [0.717, 1.165) is 24.2 Å². The zero-order valence-corrected chi connectivity index (χ0v) is 10.5. The summed E-state index contributed by atoms with van der Waals surface area (Å²) in [6.07, 6.45) is 3.68. The molecule has 0 fully saturated rings. The molecule has 0 spiro atoms. The van der Waals surface area contributed by atoms with Gasteiger partial charge in [-0.3, -0.25) is 0 Å². The molecule has 2 unspecified atom stereocenters. The van der Waals surface area contributed by atoms with Gasteiger partial charge in [0.05, 0.1) is 24.3 Å². The summed E-state index contributed by atoms with van der Waals surface area (Å²) < 4.78 is 1.95. The molecule has 0 saturated carbocycles. The summed E-state index contributed by atoms with van der Waals surface area (Å²) in [5.74, 6) is 0. The van der Waals surface area contributed by atoms with Crippen molar-refractivity contribution in [3.63, 3.8) is 0 Å². The normalized spacial score (nSPS) is 14.4. The fraction of sp³-hybridized carbons (Fsp3) is 0.357. The van der Waals surface area contributed by atoms with Crippen LogP contribution in [-0.2, 0) is 6.54 Å². The molecule has 0 aliphatic heterocycles. The highest BCUT2D eigenvalue weighted by atomic mass is 16.3. The SMILES string of the molecule is CCCn1cncc1C(O)C(N)c1ccccc1. The van der Waals surface area contributed by atoms with Crippen LogP contribution in [0, 0.1) is 0 Å². The lowest BCUT2D eigenvalue weighted by molar-refractivity contribution is 0.138. The molecule has 0 bridgehead atoms. The van der Waals surface area contributed by atoms with E-state index in [1.54, 1.807) is 12.5 Å². The number of nitrogens with zero attached hydrogens (tertiary/aromatic N) is 2. The van der Waals surface area contributed by atoms with Crippen molar-refractivity contribution in [3.8, 4) is 0 Å². The van der Waals surface area contributed by atoms with Crippen molar-refractivity contribution in [3.05, 3.63) is 54.1 Å². The molecule has 0 aliphatic carbocycles. The van der Waals surface area contributed by atoms with E-state index in [-0.39, 0.29) is 0 Å². The average molecular weight is 245 g/mol. The number of imidazole rings is 1. The lowest BCUT2D eigenvalue weighted by atomic mass is 10.0. The van der Waals surface area contributed by atoms with Gasteiger partial charge in [0.1, 0.15) is 6.10 Å². The second-order valence-electron chi connectivity index (χ2n) is 4.39. The molecule has 3 N–H and O–H groups in total. The predicted octanol–water partition coefficient (Wildman–Crippen LogP) is 2.03. The van der Waals surface area contributed by atoms with Crippen LogP contribution in [0.25, 0.3) is 0 Å². The first kappa shape index (κ1) is 12.8. The van der Waals surface area contributed by atoms with Crippen molar-refractivity contribution in [2.24, 2.45) is 5.73 Å². The highest BCUT2D eigenvalue weighted by Crippen LogP contribution is 2.26. The Hall–Kier alpha value is -1.65. The molecule has 2 aromatic rings. The first-order valence-electron chi connectivity index (χ1n) is 6.22. The van der Waals surface area contributed by atoms with Gasteiger partial charge < -0.3 is 15.4 Å². The molecule has 1 heterocycles. The highest BCUT2D eigenvalue weighted by molar-refractivity contribution is 5.22. The van der Waals surface area contributed by atoms with Crippen molar-refractivity contribution >= 4 is 0 Å². The molecule has 2 rings (SSSR count). The van der Waals surface area contributed by atoms with Gasteiger partial charge in [-0.25, -0.2) is 4.98 Å². The maximum atomic E-state index is 10.4. The van der Waals surface area contributed by atoms with E-state index in [0.29, 0.717) is 0 Å². The molecule has 2 atom stereocenters. The molecule has 96 valence electrons. The van der Waals surface area contributed by atoms with Crippen molar-refractivity contribution in [1.29, 1.82) is 0 Å². The van der Waals surface area contributed by atoms with Crippen molar-refractivity contribution in [2.45, 2.75) is 32.0 Å². The molecule has 0 aliphatic rings. The number of aromatic nitrogens is 2. The van der Waals surface area contributed by atoms with E-state index in [4.69, 9.17) is 5.73 Å². The van der Waals surface area contributed by atoms with Crippen LogP contribution in [0.5, 0.6) is 0 Å².